The highest BCUT2D eigenvalue weighted by Gasteiger charge is 2.68. The van der Waals surface area contributed by atoms with Crippen LogP contribution in [0.25, 0.3) is 0 Å². The Morgan fingerprint density at radius 1 is 0.971 bits per heavy atom. The predicted molar refractivity (Wildman–Crippen MR) is 133 cm³/mol. The van der Waals surface area contributed by atoms with Crippen LogP contribution in [0.3, 0.4) is 0 Å². The maximum Gasteiger partial charge on any atom is 0.309 e. The number of ketones is 1. The molecule has 5 aliphatic rings. The third-order valence-corrected chi connectivity index (χ3v) is 13.2. The van der Waals surface area contributed by atoms with Crippen LogP contribution in [0.5, 0.6) is 0 Å². The molecule has 34 heavy (non-hydrogen) atoms. The molecule has 4 heteroatoms. The third kappa shape index (κ3) is 2.81. The van der Waals surface area contributed by atoms with Gasteiger partial charge in [0.15, 0.2) is 0 Å². The molecule has 4 nitrogen and oxygen atoms in total. The highest BCUT2D eigenvalue weighted by Crippen LogP contribution is 2.75. The molecule has 0 aromatic heterocycles. The summed E-state index contributed by atoms with van der Waals surface area (Å²) in [6, 6.07) is 0. The Morgan fingerprint density at radius 2 is 1.65 bits per heavy atom. The van der Waals surface area contributed by atoms with E-state index in [1.54, 1.807) is 5.57 Å². The van der Waals surface area contributed by atoms with Gasteiger partial charge in [-0.25, -0.2) is 0 Å². The molecule has 5 aliphatic carbocycles. The van der Waals surface area contributed by atoms with E-state index in [4.69, 9.17) is 0 Å². The van der Waals surface area contributed by atoms with Crippen LogP contribution in [0.1, 0.15) is 106 Å². The summed E-state index contributed by atoms with van der Waals surface area (Å²) < 4.78 is 0. The lowest BCUT2D eigenvalue weighted by Gasteiger charge is -2.70. The first-order valence-corrected chi connectivity index (χ1v) is 13.8. The van der Waals surface area contributed by atoms with Gasteiger partial charge in [-0.2, -0.15) is 0 Å². The van der Waals surface area contributed by atoms with Crippen LogP contribution in [0.15, 0.2) is 11.6 Å². The molecule has 0 aromatic rings. The number of carboxylic acids is 1. The SMILES string of the molecule is C[C@@]1(C(=O)O)CC[C@]2(C)CC[C@]3(C)C(=CC[C@@H]4[C@@]5(C)CCC(=O)[C@](C)(CO)[C@@H]5CC[C@]43C)[C@@H]2C1. The fraction of sp³-hybridized carbons (Fsp3) is 0.867. The summed E-state index contributed by atoms with van der Waals surface area (Å²) in [6.45, 7) is 13.8. The van der Waals surface area contributed by atoms with Crippen molar-refractivity contribution in [3.8, 4) is 0 Å². The monoisotopic (exact) mass is 470 g/mol. The normalized spacial score (nSPS) is 54.7. The zero-order valence-electron chi connectivity index (χ0n) is 22.3. The number of carboxylic acid groups (broad SMARTS) is 1. The first-order valence-electron chi connectivity index (χ1n) is 13.8. The summed E-state index contributed by atoms with van der Waals surface area (Å²) >= 11 is 0. The van der Waals surface area contributed by atoms with Crippen LogP contribution in [0.2, 0.25) is 0 Å². The van der Waals surface area contributed by atoms with Gasteiger partial charge in [-0.15, -0.1) is 0 Å². The average molecular weight is 471 g/mol. The lowest BCUT2D eigenvalue weighted by atomic mass is 9.33. The number of aliphatic carboxylic acids is 1. The lowest BCUT2D eigenvalue weighted by molar-refractivity contribution is -0.192. The fourth-order valence-electron chi connectivity index (χ4n) is 10.4. The quantitative estimate of drug-likeness (QED) is 0.457. The summed E-state index contributed by atoms with van der Waals surface area (Å²) in [4.78, 5) is 25.2. The zero-order chi connectivity index (χ0) is 24.9. The van der Waals surface area contributed by atoms with E-state index in [0.717, 1.165) is 44.9 Å². The minimum Gasteiger partial charge on any atom is -0.481 e. The number of carbonyl (C=O) groups excluding carboxylic acids is 1. The lowest BCUT2D eigenvalue weighted by Crippen LogP contribution is -2.65. The number of rotatable bonds is 2. The first-order chi connectivity index (χ1) is 15.7. The van der Waals surface area contributed by atoms with Crippen molar-refractivity contribution in [3.63, 3.8) is 0 Å². The summed E-state index contributed by atoms with van der Waals surface area (Å²) in [6.07, 6.45) is 12.1. The number of hydrogen-bond donors (Lipinski definition) is 2. The molecule has 0 heterocycles. The number of hydrogen-bond acceptors (Lipinski definition) is 3. The van der Waals surface area contributed by atoms with E-state index in [0.29, 0.717) is 18.3 Å². The minimum absolute atomic E-state index is 0.0396. The Balaban J connectivity index is 1.57. The van der Waals surface area contributed by atoms with Crippen molar-refractivity contribution in [2.45, 2.75) is 106 Å². The van der Waals surface area contributed by atoms with Crippen molar-refractivity contribution in [3.05, 3.63) is 11.6 Å². The maximum absolute atomic E-state index is 13.0. The molecular formula is C30H46O4. The van der Waals surface area contributed by atoms with E-state index in [9.17, 15) is 19.8 Å². The predicted octanol–water partition coefficient (Wildman–Crippen LogP) is 6.41. The molecule has 0 unspecified atom stereocenters. The Kier molecular flexibility index (Phi) is 5.20. The van der Waals surface area contributed by atoms with Crippen LogP contribution < -0.4 is 0 Å². The van der Waals surface area contributed by atoms with E-state index in [2.05, 4.69) is 33.8 Å². The molecule has 0 bridgehead atoms. The van der Waals surface area contributed by atoms with Gasteiger partial charge in [0.1, 0.15) is 5.78 Å². The third-order valence-electron chi connectivity index (χ3n) is 13.2. The second-order valence-electron chi connectivity index (χ2n) is 14.6. The molecule has 2 N–H and O–H groups in total. The second-order valence-corrected chi connectivity index (χ2v) is 14.6. The van der Waals surface area contributed by atoms with Crippen molar-refractivity contribution in [1.29, 1.82) is 0 Å². The largest absolute Gasteiger partial charge is 0.481 e. The molecule has 0 spiro atoms. The summed E-state index contributed by atoms with van der Waals surface area (Å²) in [5, 5.41) is 20.4. The Labute approximate surface area is 206 Å². The molecule has 0 radical (unpaired) electrons. The molecule has 5 rings (SSSR count). The summed E-state index contributed by atoms with van der Waals surface area (Å²) in [5.41, 5.74) is 0.781. The van der Waals surface area contributed by atoms with Crippen molar-refractivity contribution < 1.29 is 19.8 Å². The van der Waals surface area contributed by atoms with Gasteiger partial charge in [0, 0.05) is 6.42 Å². The van der Waals surface area contributed by atoms with E-state index < -0.39 is 16.8 Å². The van der Waals surface area contributed by atoms with Crippen LogP contribution >= 0.6 is 0 Å². The van der Waals surface area contributed by atoms with Gasteiger partial charge in [0.25, 0.3) is 0 Å². The number of aliphatic hydroxyl groups excluding tert-OH is 1. The smallest absolute Gasteiger partial charge is 0.309 e. The van der Waals surface area contributed by atoms with Gasteiger partial charge >= 0.3 is 5.97 Å². The fourth-order valence-corrected chi connectivity index (χ4v) is 10.4. The van der Waals surface area contributed by atoms with E-state index in [-0.39, 0.29) is 40.0 Å². The topological polar surface area (TPSA) is 74.6 Å². The zero-order valence-corrected chi connectivity index (χ0v) is 22.3. The van der Waals surface area contributed by atoms with Gasteiger partial charge in [-0.3, -0.25) is 9.59 Å². The maximum atomic E-state index is 13.0. The van der Waals surface area contributed by atoms with Crippen LogP contribution in [-0.2, 0) is 9.59 Å². The van der Waals surface area contributed by atoms with Gasteiger partial charge in [0.2, 0.25) is 0 Å². The Hall–Kier alpha value is -1.16. The molecule has 0 aromatic carbocycles. The Bertz CT molecular complexity index is 953. The van der Waals surface area contributed by atoms with Crippen molar-refractivity contribution in [2.24, 2.45) is 50.2 Å². The summed E-state index contributed by atoms with van der Waals surface area (Å²) in [7, 11) is 0. The van der Waals surface area contributed by atoms with Gasteiger partial charge in [-0.1, -0.05) is 46.3 Å². The molecule has 0 aliphatic heterocycles. The van der Waals surface area contributed by atoms with Crippen LogP contribution in [0.4, 0.5) is 0 Å². The number of carbonyl (C=O) groups is 2. The second kappa shape index (κ2) is 7.20. The van der Waals surface area contributed by atoms with Crippen molar-refractivity contribution in [2.75, 3.05) is 6.61 Å². The van der Waals surface area contributed by atoms with E-state index in [1.807, 2.05) is 13.8 Å². The standard InChI is InChI=1S/C30H46O4/c1-25-13-14-26(2,24(33)34)17-20(25)19-7-8-22-27(3)11-10-23(32)28(4,18-31)21(27)9-12-30(22,6)29(19,5)16-15-25/h7,20-22,31H,8-18H2,1-6H3,(H,33,34)/t20-,21+,22+,25+,26+,27-,28+,29+,30+/m0/s1. The first kappa shape index (κ1) is 24.5. The number of fused-ring (bicyclic) bond motifs is 7. The van der Waals surface area contributed by atoms with Gasteiger partial charge < -0.3 is 10.2 Å². The van der Waals surface area contributed by atoms with Crippen LogP contribution in [0, 0.1) is 50.2 Å². The van der Waals surface area contributed by atoms with Crippen molar-refractivity contribution in [1.82, 2.24) is 0 Å². The highest BCUT2D eigenvalue weighted by atomic mass is 16.4. The molecule has 9 atom stereocenters. The number of allylic oxidation sites excluding steroid dienone is 2. The van der Waals surface area contributed by atoms with E-state index in [1.165, 1.54) is 12.8 Å². The van der Waals surface area contributed by atoms with Crippen molar-refractivity contribution >= 4 is 11.8 Å². The minimum atomic E-state index is -0.634. The van der Waals surface area contributed by atoms with Gasteiger partial charge in [-0.05, 0) is 104 Å². The van der Waals surface area contributed by atoms with Gasteiger partial charge in [0.05, 0.1) is 17.4 Å². The molecule has 4 saturated carbocycles. The molecule has 4 fully saturated rings. The summed E-state index contributed by atoms with van der Waals surface area (Å²) in [5.74, 6) is 0.695. The average Bonchev–Trinajstić information content (AvgIpc) is 2.78. The van der Waals surface area contributed by atoms with E-state index >= 15 is 0 Å². The Morgan fingerprint density at radius 3 is 2.29 bits per heavy atom. The van der Waals surface area contributed by atoms with Crippen LogP contribution in [-0.4, -0.2) is 28.6 Å². The molecule has 0 saturated heterocycles. The molecule has 0 amide bonds. The molecular weight excluding hydrogens is 424 g/mol. The number of aliphatic hydroxyl groups is 1. The highest BCUT2D eigenvalue weighted by molar-refractivity contribution is 5.86. The molecule has 190 valence electrons. The number of Topliss-reactive ketones (excluding diaryl/α,β-unsaturated/α-hetero) is 1.